The Morgan fingerprint density at radius 1 is 1.24 bits per heavy atom. The summed E-state index contributed by atoms with van der Waals surface area (Å²) < 4.78 is 0.753. The third-order valence-electron chi connectivity index (χ3n) is 3.98. The number of halogens is 1. The van der Waals surface area contributed by atoms with Gasteiger partial charge in [0, 0.05) is 29.6 Å². The number of nitro benzene ring substituents is 1. The summed E-state index contributed by atoms with van der Waals surface area (Å²) in [7, 11) is 0. The molecule has 3 rings (SSSR count). The first-order valence-electron chi connectivity index (χ1n) is 7.56. The number of carbonyl (C=O) groups is 2. The molecule has 2 aromatic rings. The molecule has 1 aliphatic rings. The molecular formula is C17H14BrN3O4. The number of carbonyl (C=O) groups excluding carboxylic acids is 2. The number of nitrogens with zero attached hydrogens (tertiary/aromatic N) is 2. The molecule has 8 heteroatoms. The van der Waals surface area contributed by atoms with Crippen LogP contribution in [0.25, 0.3) is 0 Å². The first kappa shape index (κ1) is 17.1. The van der Waals surface area contributed by atoms with Crippen LogP contribution < -0.4 is 10.2 Å². The molecule has 0 aliphatic carbocycles. The molecule has 1 aliphatic heterocycles. The van der Waals surface area contributed by atoms with Crippen molar-refractivity contribution < 1.29 is 14.5 Å². The summed E-state index contributed by atoms with van der Waals surface area (Å²) in [4.78, 5) is 36.5. The average molecular weight is 404 g/mol. The minimum atomic E-state index is -0.515. The van der Waals surface area contributed by atoms with Crippen molar-refractivity contribution in [2.75, 3.05) is 16.8 Å². The summed E-state index contributed by atoms with van der Waals surface area (Å²) in [6, 6.07) is 13.1. The van der Waals surface area contributed by atoms with Gasteiger partial charge in [0.25, 0.3) is 5.69 Å². The molecule has 1 fully saturated rings. The molecule has 2 amide bonds. The standard InChI is InChI=1S/C17H14BrN3O4/c18-14-6-1-2-7-15(14)19-17(23)11-8-16(22)20(10-11)12-4-3-5-13(9-12)21(24)25/h1-7,9,11H,8,10H2,(H,19,23)/t11-/m1/s1. The van der Waals surface area contributed by atoms with Crippen molar-refractivity contribution in [1.82, 2.24) is 0 Å². The Morgan fingerprint density at radius 3 is 2.72 bits per heavy atom. The van der Waals surface area contributed by atoms with Gasteiger partial charge in [0.05, 0.1) is 22.2 Å². The van der Waals surface area contributed by atoms with Gasteiger partial charge in [0.2, 0.25) is 11.8 Å². The Labute approximate surface area is 151 Å². The van der Waals surface area contributed by atoms with Gasteiger partial charge < -0.3 is 10.2 Å². The normalized spacial score (nSPS) is 16.8. The minimum absolute atomic E-state index is 0.0684. The maximum Gasteiger partial charge on any atom is 0.271 e. The van der Waals surface area contributed by atoms with Gasteiger partial charge in [-0.15, -0.1) is 0 Å². The molecule has 1 atom stereocenters. The molecule has 0 aromatic heterocycles. The quantitative estimate of drug-likeness (QED) is 0.625. The molecule has 1 N–H and O–H groups in total. The SMILES string of the molecule is O=C(Nc1ccccc1Br)[C@@H]1CC(=O)N(c2cccc([N+](=O)[O-])c2)C1. The predicted molar refractivity (Wildman–Crippen MR) is 96.3 cm³/mol. The maximum absolute atomic E-state index is 12.4. The molecule has 7 nitrogen and oxygen atoms in total. The lowest BCUT2D eigenvalue weighted by molar-refractivity contribution is -0.384. The van der Waals surface area contributed by atoms with Crippen LogP contribution in [0.1, 0.15) is 6.42 Å². The molecule has 128 valence electrons. The monoisotopic (exact) mass is 403 g/mol. The number of benzene rings is 2. The van der Waals surface area contributed by atoms with E-state index in [0.717, 1.165) is 4.47 Å². The Balaban J connectivity index is 1.74. The molecule has 0 unspecified atom stereocenters. The van der Waals surface area contributed by atoms with Crippen molar-refractivity contribution in [1.29, 1.82) is 0 Å². The van der Waals surface area contributed by atoms with Crippen molar-refractivity contribution >= 4 is 44.8 Å². The number of non-ortho nitro benzene ring substituents is 1. The maximum atomic E-state index is 12.4. The number of anilines is 2. The van der Waals surface area contributed by atoms with E-state index in [1.807, 2.05) is 12.1 Å². The lowest BCUT2D eigenvalue weighted by Crippen LogP contribution is -2.28. The van der Waals surface area contributed by atoms with Crippen molar-refractivity contribution in [2.24, 2.45) is 5.92 Å². The number of nitrogens with one attached hydrogen (secondary N) is 1. The van der Waals surface area contributed by atoms with Crippen molar-refractivity contribution in [2.45, 2.75) is 6.42 Å². The molecule has 0 saturated carbocycles. The second kappa shape index (κ2) is 7.02. The van der Waals surface area contributed by atoms with Gasteiger partial charge in [0.15, 0.2) is 0 Å². The second-order valence-corrected chi connectivity index (χ2v) is 6.51. The van der Waals surface area contributed by atoms with Gasteiger partial charge in [-0.1, -0.05) is 18.2 Å². The van der Waals surface area contributed by atoms with Crippen LogP contribution in [0.15, 0.2) is 53.0 Å². The van der Waals surface area contributed by atoms with Crippen LogP contribution in [0.4, 0.5) is 17.1 Å². The second-order valence-electron chi connectivity index (χ2n) is 5.65. The van der Waals surface area contributed by atoms with Crippen LogP contribution in [-0.2, 0) is 9.59 Å². The number of para-hydroxylation sites is 1. The number of hydrogen-bond acceptors (Lipinski definition) is 4. The van der Waals surface area contributed by atoms with E-state index in [2.05, 4.69) is 21.2 Å². The zero-order valence-electron chi connectivity index (χ0n) is 13.0. The van der Waals surface area contributed by atoms with Crippen molar-refractivity contribution in [3.8, 4) is 0 Å². The highest BCUT2D eigenvalue weighted by Gasteiger charge is 2.35. The van der Waals surface area contributed by atoms with Crippen LogP contribution in [-0.4, -0.2) is 23.3 Å². The van der Waals surface area contributed by atoms with E-state index >= 15 is 0 Å². The highest BCUT2D eigenvalue weighted by Crippen LogP contribution is 2.29. The van der Waals surface area contributed by atoms with E-state index in [0.29, 0.717) is 11.4 Å². The highest BCUT2D eigenvalue weighted by molar-refractivity contribution is 9.10. The van der Waals surface area contributed by atoms with Crippen LogP contribution in [0.5, 0.6) is 0 Å². The summed E-state index contributed by atoms with van der Waals surface area (Å²) in [5, 5.41) is 13.7. The largest absolute Gasteiger partial charge is 0.325 e. The lowest BCUT2D eigenvalue weighted by atomic mass is 10.1. The number of hydrogen-bond donors (Lipinski definition) is 1. The summed E-state index contributed by atoms with van der Waals surface area (Å²) in [6.07, 6.45) is 0.0684. The smallest absolute Gasteiger partial charge is 0.271 e. The molecule has 25 heavy (non-hydrogen) atoms. The van der Waals surface area contributed by atoms with Crippen molar-refractivity contribution in [3.63, 3.8) is 0 Å². The molecule has 1 saturated heterocycles. The zero-order chi connectivity index (χ0) is 18.0. The van der Waals surface area contributed by atoms with Crippen LogP contribution in [0.3, 0.4) is 0 Å². The van der Waals surface area contributed by atoms with Gasteiger partial charge in [-0.2, -0.15) is 0 Å². The molecular weight excluding hydrogens is 390 g/mol. The summed E-state index contributed by atoms with van der Waals surface area (Å²) in [5.41, 5.74) is 0.968. The first-order chi connectivity index (χ1) is 12.0. The van der Waals surface area contributed by atoms with Gasteiger partial charge in [0.1, 0.15) is 0 Å². The third-order valence-corrected chi connectivity index (χ3v) is 4.67. The third kappa shape index (κ3) is 3.69. The van der Waals surface area contributed by atoms with Crippen molar-refractivity contribution in [3.05, 3.63) is 63.1 Å². The Hall–Kier alpha value is -2.74. The fraction of sp³-hybridized carbons (Fsp3) is 0.176. The Kier molecular flexibility index (Phi) is 4.80. The van der Waals surface area contributed by atoms with Gasteiger partial charge in [-0.3, -0.25) is 19.7 Å². The molecule has 0 spiro atoms. The fourth-order valence-corrected chi connectivity index (χ4v) is 3.09. The van der Waals surface area contributed by atoms with Gasteiger partial charge >= 0.3 is 0 Å². The van der Waals surface area contributed by atoms with Gasteiger partial charge in [-0.05, 0) is 34.1 Å². The van der Waals surface area contributed by atoms with Crippen LogP contribution in [0, 0.1) is 16.0 Å². The minimum Gasteiger partial charge on any atom is -0.325 e. The van der Waals surface area contributed by atoms with E-state index < -0.39 is 10.8 Å². The topological polar surface area (TPSA) is 92.6 Å². The summed E-state index contributed by atoms with van der Waals surface area (Å²) in [6.45, 7) is 0.191. The number of amides is 2. The summed E-state index contributed by atoms with van der Waals surface area (Å²) in [5.74, 6) is -1.00. The fourth-order valence-electron chi connectivity index (χ4n) is 2.70. The zero-order valence-corrected chi connectivity index (χ0v) is 14.6. The van der Waals surface area contributed by atoms with E-state index in [9.17, 15) is 19.7 Å². The first-order valence-corrected chi connectivity index (χ1v) is 8.35. The van der Waals surface area contributed by atoms with E-state index in [1.165, 1.54) is 23.1 Å². The van der Waals surface area contributed by atoms with Crippen LogP contribution in [0.2, 0.25) is 0 Å². The molecule has 2 aromatic carbocycles. The Bertz CT molecular complexity index is 855. The molecule has 1 heterocycles. The van der Waals surface area contributed by atoms with E-state index in [4.69, 9.17) is 0 Å². The van der Waals surface area contributed by atoms with Gasteiger partial charge in [-0.25, -0.2) is 0 Å². The van der Waals surface area contributed by atoms with E-state index in [-0.39, 0.29) is 30.5 Å². The number of nitro groups is 1. The molecule has 0 radical (unpaired) electrons. The van der Waals surface area contributed by atoms with E-state index in [1.54, 1.807) is 18.2 Å². The molecule has 0 bridgehead atoms. The number of rotatable bonds is 4. The summed E-state index contributed by atoms with van der Waals surface area (Å²) >= 11 is 3.36. The average Bonchev–Trinajstić information content (AvgIpc) is 2.99. The predicted octanol–water partition coefficient (Wildman–Crippen LogP) is 3.35. The lowest BCUT2D eigenvalue weighted by Gasteiger charge is -2.16. The van der Waals surface area contributed by atoms with Crippen LogP contribution >= 0.6 is 15.9 Å². The highest BCUT2D eigenvalue weighted by atomic mass is 79.9. The Morgan fingerprint density at radius 2 is 2.00 bits per heavy atom.